The summed E-state index contributed by atoms with van der Waals surface area (Å²) in [5.74, 6) is 1.73. The first-order chi connectivity index (χ1) is 15.2. The van der Waals surface area contributed by atoms with E-state index in [9.17, 15) is 9.59 Å². The Hall–Kier alpha value is -2.12. The fourth-order valence-corrected chi connectivity index (χ4v) is 4.87. The molecule has 0 aromatic heterocycles. The molecule has 4 rings (SSSR count). The molecule has 1 aromatic rings. The second kappa shape index (κ2) is 11.0. The number of ether oxygens (including phenoxy) is 2. The third-order valence-electron chi connectivity index (χ3n) is 6.85. The lowest BCUT2D eigenvalue weighted by Gasteiger charge is -2.38. The van der Waals surface area contributed by atoms with Crippen LogP contribution < -0.4 is 4.74 Å². The van der Waals surface area contributed by atoms with Gasteiger partial charge in [0.1, 0.15) is 5.75 Å². The van der Waals surface area contributed by atoms with E-state index in [4.69, 9.17) is 9.47 Å². The molecule has 7 heteroatoms. The first kappa shape index (κ1) is 22.1. The van der Waals surface area contributed by atoms with Crippen LogP contribution in [0.5, 0.6) is 5.75 Å². The van der Waals surface area contributed by atoms with Gasteiger partial charge in [-0.3, -0.25) is 14.5 Å². The first-order valence-electron chi connectivity index (χ1n) is 11.7. The van der Waals surface area contributed by atoms with Gasteiger partial charge in [0.2, 0.25) is 5.91 Å². The van der Waals surface area contributed by atoms with Crippen molar-refractivity contribution in [1.29, 1.82) is 0 Å². The van der Waals surface area contributed by atoms with Crippen molar-refractivity contribution in [3.63, 3.8) is 0 Å². The smallest absolute Gasteiger partial charge is 0.260 e. The number of amides is 2. The highest BCUT2D eigenvalue weighted by Gasteiger charge is 2.32. The van der Waals surface area contributed by atoms with Crippen molar-refractivity contribution in [2.24, 2.45) is 11.8 Å². The number of piperidine rings is 2. The van der Waals surface area contributed by atoms with Crippen molar-refractivity contribution in [3.05, 3.63) is 30.3 Å². The Labute approximate surface area is 185 Å². The molecule has 0 saturated carbocycles. The maximum Gasteiger partial charge on any atom is 0.260 e. The highest BCUT2D eigenvalue weighted by Crippen LogP contribution is 2.25. The van der Waals surface area contributed by atoms with Gasteiger partial charge >= 0.3 is 0 Å². The van der Waals surface area contributed by atoms with E-state index in [0.717, 1.165) is 71.6 Å². The van der Waals surface area contributed by atoms with Crippen LogP contribution in [0.3, 0.4) is 0 Å². The van der Waals surface area contributed by atoms with Crippen molar-refractivity contribution in [3.8, 4) is 5.75 Å². The molecule has 0 unspecified atom stereocenters. The number of hydrogen-bond acceptors (Lipinski definition) is 5. The Bertz CT molecular complexity index is 707. The molecule has 7 nitrogen and oxygen atoms in total. The minimum absolute atomic E-state index is 0.00122. The molecular formula is C24H35N3O4. The molecule has 170 valence electrons. The van der Waals surface area contributed by atoms with Gasteiger partial charge in [0, 0.05) is 51.7 Å². The predicted octanol–water partition coefficient (Wildman–Crippen LogP) is 1.87. The van der Waals surface area contributed by atoms with Crippen LogP contribution in [-0.2, 0) is 14.3 Å². The van der Waals surface area contributed by atoms with Gasteiger partial charge < -0.3 is 19.3 Å². The number of morpholine rings is 1. The van der Waals surface area contributed by atoms with Crippen LogP contribution in [-0.4, -0.2) is 92.1 Å². The fraction of sp³-hybridized carbons (Fsp3) is 0.667. The molecule has 0 radical (unpaired) electrons. The van der Waals surface area contributed by atoms with E-state index in [-0.39, 0.29) is 24.3 Å². The summed E-state index contributed by atoms with van der Waals surface area (Å²) < 4.78 is 11.0. The Morgan fingerprint density at radius 2 is 1.52 bits per heavy atom. The van der Waals surface area contributed by atoms with E-state index >= 15 is 0 Å². The van der Waals surface area contributed by atoms with Crippen molar-refractivity contribution in [1.82, 2.24) is 14.7 Å². The molecule has 31 heavy (non-hydrogen) atoms. The van der Waals surface area contributed by atoms with Gasteiger partial charge in [0.15, 0.2) is 6.61 Å². The molecule has 3 saturated heterocycles. The predicted molar refractivity (Wildman–Crippen MR) is 118 cm³/mol. The van der Waals surface area contributed by atoms with Crippen LogP contribution in [0.15, 0.2) is 30.3 Å². The number of nitrogens with zero attached hydrogens (tertiary/aromatic N) is 3. The summed E-state index contributed by atoms with van der Waals surface area (Å²) in [5, 5.41) is 0. The lowest BCUT2D eigenvalue weighted by atomic mass is 9.91. The van der Waals surface area contributed by atoms with Crippen LogP contribution in [0.1, 0.15) is 25.7 Å². The molecule has 0 aliphatic carbocycles. The monoisotopic (exact) mass is 429 g/mol. The average Bonchev–Trinajstić information content (AvgIpc) is 2.84. The van der Waals surface area contributed by atoms with Crippen LogP contribution in [0.4, 0.5) is 0 Å². The number of carbonyl (C=O) groups excluding carboxylic acids is 2. The van der Waals surface area contributed by atoms with Gasteiger partial charge in [-0.15, -0.1) is 0 Å². The summed E-state index contributed by atoms with van der Waals surface area (Å²) >= 11 is 0. The molecule has 0 bridgehead atoms. The van der Waals surface area contributed by atoms with E-state index in [1.54, 1.807) is 0 Å². The molecular weight excluding hydrogens is 394 g/mol. The first-order valence-corrected chi connectivity index (χ1v) is 11.7. The van der Waals surface area contributed by atoms with Crippen LogP contribution >= 0.6 is 0 Å². The number of benzene rings is 1. The van der Waals surface area contributed by atoms with Crippen LogP contribution in [0.25, 0.3) is 0 Å². The van der Waals surface area contributed by atoms with Gasteiger partial charge in [0.25, 0.3) is 5.91 Å². The van der Waals surface area contributed by atoms with Crippen molar-refractivity contribution >= 4 is 11.8 Å². The number of para-hydroxylation sites is 1. The van der Waals surface area contributed by atoms with Crippen molar-refractivity contribution in [2.75, 3.05) is 65.6 Å². The number of likely N-dealkylation sites (tertiary alicyclic amines) is 2. The van der Waals surface area contributed by atoms with Gasteiger partial charge in [-0.2, -0.15) is 0 Å². The molecule has 3 fully saturated rings. The largest absolute Gasteiger partial charge is 0.484 e. The molecule has 3 heterocycles. The lowest BCUT2D eigenvalue weighted by molar-refractivity contribution is -0.142. The Balaban J connectivity index is 1.15. The number of hydrogen-bond donors (Lipinski definition) is 0. The standard InChI is InChI=1S/C24H35N3O4/c28-23(19-31-22-4-2-1-3-5-22)26-12-8-21(9-13-26)24(29)27-10-6-20(7-11-27)18-25-14-16-30-17-15-25/h1-5,20-21H,6-19H2. The maximum absolute atomic E-state index is 13.0. The Kier molecular flexibility index (Phi) is 7.81. The summed E-state index contributed by atoms with van der Waals surface area (Å²) in [7, 11) is 0. The minimum Gasteiger partial charge on any atom is -0.484 e. The van der Waals surface area contributed by atoms with Crippen LogP contribution in [0.2, 0.25) is 0 Å². The topological polar surface area (TPSA) is 62.3 Å². The van der Waals surface area contributed by atoms with E-state index in [0.29, 0.717) is 24.8 Å². The fourth-order valence-electron chi connectivity index (χ4n) is 4.87. The Morgan fingerprint density at radius 3 is 2.19 bits per heavy atom. The molecule has 0 N–H and O–H groups in total. The third kappa shape index (κ3) is 6.20. The second-order valence-electron chi connectivity index (χ2n) is 8.94. The average molecular weight is 430 g/mol. The van der Waals surface area contributed by atoms with E-state index in [2.05, 4.69) is 9.80 Å². The van der Waals surface area contributed by atoms with Crippen molar-refractivity contribution in [2.45, 2.75) is 25.7 Å². The third-order valence-corrected chi connectivity index (χ3v) is 6.85. The van der Waals surface area contributed by atoms with Gasteiger partial charge in [0.05, 0.1) is 13.2 Å². The van der Waals surface area contributed by atoms with E-state index < -0.39 is 0 Å². The minimum atomic E-state index is -0.00122. The normalized spacial score (nSPS) is 21.8. The summed E-state index contributed by atoms with van der Waals surface area (Å²) in [6.07, 6.45) is 3.70. The van der Waals surface area contributed by atoms with Crippen molar-refractivity contribution < 1.29 is 19.1 Å². The summed E-state index contributed by atoms with van der Waals surface area (Å²) in [5.41, 5.74) is 0. The SMILES string of the molecule is O=C(COc1ccccc1)N1CCC(C(=O)N2CCC(CN3CCOCC3)CC2)CC1. The van der Waals surface area contributed by atoms with E-state index in [1.807, 2.05) is 35.2 Å². The van der Waals surface area contributed by atoms with Gasteiger partial charge in [-0.1, -0.05) is 18.2 Å². The zero-order valence-electron chi connectivity index (χ0n) is 18.4. The van der Waals surface area contributed by atoms with Crippen LogP contribution in [0, 0.1) is 11.8 Å². The molecule has 2 amide bonds. The zero-order valence-corrected chi connectivity index (χ0v) is 18.4. The Morgan fingerprint density at radius 1 is 0.871 bits per heavy atom. The highest BCUT2D eigenvalue weighted by molar-refractivity contribution is 5.80. The summed E-state index contributed by atoms with van der Waals surface area (Å²) in [6.45, 7) is 7.97. The van der Waals surface area contributed by atoms with Gasteiger partial charge in [-0.25, -0.2) is 0 Å². The molecule has 3 aliphatic heterocycles. The maximum atomic E-state index is 13.0. The number of carbonyl (C=O) groups is 2. The molecule has 0 atom stereocenters. The molecule has 1 aromatic carbocycles. The van der Waals surface area contributed by atoms with E-state index in [1.165, 1.54) is 0 Å². The molecule has 0 spiro atoms. The summed E-state index contributed by atoms with van der Waals surface area (Å²) in [6, 6.07) is 9.40. The number of rotatable bonds is 6. The lowest BCUT2D eigenvalue weighted by Crippen LogP contribution is -2.48. The van der Waals surface area contributed by atoms with Gasteiger partial charge in [-0.05, 0) is 43.7 Å². The quantitative estimate of drug-likeness (QED) is 0.691. The summed E-state index contributed by atoms with van der Waals surface area (Å²) in [4.78, 5) is 31.9. The highest BCUT2D eigenvalue weighted by atomic mass is 16.5. The molecule has 3 aliphatic rings. The second-order valence-corrected chi connectivity index (χ2v) is 8.94. The zero-order chi connectivity index (χ0) is 21.5.